The van der Waals surface area contributed by atoms with Gasteiger partial charge < -0.3 is 15.0 Å². The Morgan fingerprint density at radius 1 is 1.29 bits per heavy atom. The number of nitrogens with one attached hydrogen (secondary N) is 1. The molecule has 1 aliphatic rings. The first-order valence-corrected chi connectivity index (χ1v) is 10.2. The van der Waals surface area contributed by atoms with E-state index in [4.69, 9.17) is 0 Å². The number of fused-ring (bicyclic) bond motifs is 1. The summed E-state index contributed by atoms with van der Waals surface area (Å²) < 4.78 is 0. The molecule has 146 valence electrons. The minimum atomic E-state index is -0.675. The number of rotatable bonds is 6. The van der Waals surface area contributed by atoms with Crippen molar-refractivity contribution in [3.63, 3.8) is 0 Å². The Hall–Kier alpha value is -2.48. The molecule has 4 rings (SSSR count). The van der Waals surface area contributed by atoms with E-state index >= 15 is 0 Å². The minimum Gasteiger partial charge on any atom is -0.391 e. The van der Waals surface area contributed by atoms with Gasteiger partial charge in [-0.3, -0.25) is 14.5 Å². The number of para-hydroxylation sites is 1. The van der Waals surface area contributed by atoms with E-state index in [1.54, 1.807) is 17.5 Å². The van der Waals surface area contributed by atoms with Gasteiger partial charge in [-0.1, -0.05) is 24.3 Å². The van der Waals surface area contributed by atoms with E-state index in [0.717, 1.165) is 10.9 Å². The number of H-pyrrole nitrogens is 1. The van der Waals surface area contributed by atoms with E-state index in [-0.39, 0.29) is 24.8 Å². The number of likely N-dealkylation sites (tertiary alicyclic amines) is 1. The zero-order valence-electron chi connectivity index (χ0n) is 15.7. The highest BCUT2D eigenvalue weighted by Crippen LogP contribution is 2.25. The van der Waals surface area contributed by atoms with Gasteiger partial charge in [0.2, 0.25) is 0 Å². The number of Topliss-reactive ketones (excluding diaryl/α,β-unsaturated/α-hetero) is 1. The molecule has 3 heterocycles. The quantitative estimate of drug-likeness (QED) is 0.670. The maximum Gasteiger partial charge on any atom is 0.256 e. The third-order valence-corrected chi connectivity index (χ3v) is 6.02. The summed E-state index contributed by atoms with van der Waals surface area (Å²) in [5.41, 5.74) is 1.42. The fourth-order valence-electron chi connectivity index (χ4n) is 3.84. The Labute approximate surface area is 167 Å². The number of amides is 1. The highest BCUT2D eigenvalue weighted by atomic mass is 32.1. The van der Waals surface area contributed by atoms with Crippen LogP contribution in [0.5, 0.6) is 0 Å². The first kappa shape index (κ1) is 18.9. The van der Waals surface area contributed by atoms with Crippen LogP contribution in [0.3, 0.4) is 0 Å². The summed E-state index contributed by atoms with van der Waals surface area (Å²) in [6.45, 7) is 1.12. The monoisotopic (exact) mass is 397 g/mol. The first-order chi connectivity index (χ1) is 13.5. The lowest BCUT2D eigenvalue weighted by Gasteiger charge is -2.25. The van der Waals surface area contributed by atoms with Crippen molar-refractivity contribution < 1.29 is 14.7 Å². The number of aliphatic hydroxyl groups is 1. The van der Waals surface area contributed by atoms with Gasteiger partial charge in [0.1, 0.15) is 0 Å². The van der Waals surface area contributed by atoms with E-state index in [0.29, 0.717) is 18.5 Å². The van der Waals surface area contributed by atoms with E-state index in [2.05, 4.69) is 4.98 Å². The van der Waals surface area contributed by atoms with Gasteiger partial charge in [0.05, 0.1) is 24.3 Å². The fourth-order valence-corrected chi connectivity index (χ4v) is 4.63. The number of β-amino-alcohol motifs (C(OH)–C–C–N with tert-alkyl or cyclic N) is 1. The fraction of sp³-hybridized carbons (Fsp3) is 0.333. The number of aliphatic hydroxyl groups excluding tert-OH is 1. The number of aromatic amines is 1. The summed E-state index contributed by atoms with van der Waals surface area (Å²) >= 11 is 1.65. The van der Waals surface area contributed by atoms with Gasteiger partial charge in [-0.2, -0.15) is 0 Å². The Morgan fingerprint density at radius 3 is 2.89 bits per heavy atom. The molecule has 1 aromatic carbocycles. The molecule has 1 amide bonds. The topological polar surface area (TPSA) is 76.6 Å². The van der Waals surface area contributed by atoms with Crippen LogP contribution in [0.25, 0.3) is 10.9 Å². The van der Waals surface area contributed by atoms with Gasteiger partial charge in [-0.15, -0.1) is 11.3 Å². The van der Waals surface area contributed by atoms with Crippen molar-refractivity contribution >= 4 is 33.9 Å². The first-order valence-electron chi connectivity index (χ1n) is 9.31. The second-order valence-corrected chi connectivity index (χ2v) is 8.36. The van der Waals surface area contributed by atoms with Gasteiger partial charge in [0.15, 0.2) is 5.78 Å². The predicted octanol–water partition coefficient (Wildman–Crippen LogP) is 2.51. The number of hydrogen-bond acceptors (Lipinski definition) is 5. The van der Waals surface area contributed by atoms with Crippen LogP contribution < -0.4 is 0 Å². The molecule has 1 aliphatic heterocycles. The Kier molecular flexibility index (Phi) is 5.30. The van der Waals surface area contributed by atoms with Gasteiger partial charge in [0, 0.05) is 41.5 Å². The average Bonchev–Trinajstić information content (AvgIpc) is 3.40. The molecule has 0 aliphatic carbocycles. The van der Waals surface area contributed by atoms with Gasteiger partial charge >= 0.3 is 0 Å². The molecular weight excluding hydrogens is 374 g/mol. The smallest absolute Gasteiger partial charge is 0.256 e. The maximum atomic E-state index is 13.2. The number of carbonyl (C=O) groups is 2. The summed E-state index contributed by atoms with van der Waals surface area (Å²) in [5, 5.41) is 13.0. The van der Waals surface area contributed by atoms with Crippen LogP contribution in [0, 0.1) is 0 Å². The normalized spacial score (nSPS) is 19.6. The Bertz CT molecular complexity index is 982. The SMILES string of the molecule is CN(CC(=O)C1C[C@@H](O)CN1C(=O)c1c[nH]c2ccccc12)Cc1cccs1. The third kappa shape index (κ3) is 3.73. The molecule has 6 nitrogen and oxygen atoms in total. The number of likely N-dealkylation sites (N-methyl/N-ethyl adjacent to an activating group) is 1. The molecule has 2 aromatic heterocycles. The predicted molar refractivity (Wildman–Crippen MR) is 109 cm³/mol. The Morgan fingerprint density at radius 2 is 2.11 bits per heavy atom. The number of thiophene rings is 1. The van der Waals surface area contributed by atoms with Crippen LogP contribution in [0.4, 0.5) is 0 Å². The summed E-state index contributed by atoms with van der Waals surface area (Å²) in [4.78, 5) is 33.9. The summed E-state index contributed by atoms with van der Waals surface area (Å²) in [7, 11) is 1.90. The number of hydrogen-bond donors (Lipinski definition) is 2. The average molecular weight is 398 g/mol. The summed E-state index contributed by atoms with van der Waals surface area (Å²) in [6, 6.07) is 11.0. The second kappa shape index (κ2) is 7.87. The maximum absolute atomic E-state index is 13.2. The highest BCUT2D eigenvalue weighted by Gasteiger charge is 2.39. The van der Waals surface area contributed by atoms with Crippen molar-refractivity contribution in [1.82, 2.24) is 14.8 Å². The van der Waals surface area contributed by atoms with Crippen molar-refractivity contribution in [3.05, 3.63) is 58.4 Å². The van der Waals surface area contributed by atoms with E-state index in [9.17, 15) is 14.7 Å². The molecule has 7 heteroatoms. The third-order valence-electron chi connectivity index (χ3n) is 5.16. The lowest BCUT2D eigenvalue weighted by atomic mass is 10.1. The molecule has 0 radical (unpaired) electrons. The molecule has 3 aromatic rings. The van der Waals surface area contributed by atoms with E-state index in [1.807, 2.05) is 53.7 Å². The molecule has 28 heavy (non-hydrogen) atoms. The summed E-state index contributed by atoms with van der Waals surface area (Å²) in [5.74, 6) is -0.253. The van der Waals surface area contributed by atoms with E-state index in [1.165, 1.54) is 9.78 Å². The lowest BCUT2D eigenvalue weighted by Crippen LogP contribution is -2.44. The number of ketones is 1. The van der Waals surface area contributed by atoms with Crippen molar-refractivity contribution in [2.75, 3.05) is 20.1 Å². The highest BCUT2D eigenvalue weighted by molar-refractivity contribution is 7.09. The van der Waals surface area contributed by atoms with Crippen LogP contribution in [-0.2, 0) is 11.3 Å². The minimum absolute atomic E-state index is 0.0382. The molecule has 1 fully saturated rings. The molecule has 0 spiro atoms. The second-order valence-electron chi connectivity index (χ2n) is 7.33. The van der Waals surface area contributed by atoms with Crippen molar-refractivity contribution in [3.8, 4) is 0 Å². The van der Waals surface area contributed by atoms with Crippen LogP contribution in [0.1, 0.15) is 21.7 Å². The molecule has 1 unspecified atom stereocenters. The number of carbonyl (C=O) groups excluding carboxylic acids is 2. The molecule has 2 N–H and O–H groups in total. The molecular formula is C21H23N3O3S. The van der Waals surface area contributed by atoms with Crippen molar-refractivity contribution in [2.45, 2.75) is 25.1 Å². The standard InChI is InChI=1S/C21H23N3O3S/c1-23(12-15-5-4-8-28-15)13-20(26)19-9-14(25)11-24(19)21(27)17-10-22-18-7-3-2-6-16(17)18/h2-8,10,14,19,22,25H,9,11-13H2,1H3/t14-,19?/m1/s1. The zero-order valence-corrected chi connectivity index (χ0v) is 16.5. The number of benzene rings is 1. The van der Waals surface area contributed by atoms with Crippen LogP contribution in [-0.4, -0.2) is 63.9 Å². The molecule has 2 atom stereocenters. The molecule has 0 saturated carbocycles. The van der Waals surface area contributed by atoms with Gasteiger partial charge in [-0.05, 0) is 24.6 Å². The largest absolute Gasteiger partial charge is 0.391 e. The summed E-state index contributed by atoms with van der Waals surface area (Å²) in [6.07, 6.45) is 1.30. The van der Waals surface area contributed by atoms with Crippen molar-refractivity contribution in [2.24, 2.45) is 0 Å². The van der Waals surface area contributed by atoms with Gasteiger partial charge in [0.25, 0.3) is 5.91 Å². The Balaban J connectivity index is 1.49. The van der Waals surface area contributed by atoms with Gasteiger partial charge in [-0.25, -0.2) is 0 Å². The molecule has 1 saturated heterocycles. The van der Waals surface area contributed by atoms with E-state index < -0.39 is 12.1 Å². The lowest BCUT2D eigenvalue weighted by molar-refractivity contribution is -0.123. The molecule has 0 bridgehead atoms. The van der Waals surface area contributed by atoms with Crippen LogP contribution >= 0.6 is 11.3 Å². The number of aromatic nitrogens is 1. The van der Waals surface area contributed by atoms with Crippen LogP contribution in [0.15, 0.2) is 48.0 Å². The number of nitrogens with zero attached hydrogens (tertiary/aromatic N) is 2. The van der Waals surface area contributed by atoms with Crippen LogP contribution in [0.2, 0.25) is 0 Å². The van der Waals surface area contributed by atoms with Crippen molar-refractivity contribution in [1.29, 1.82) is 0 Å². The zero-order chi connectivity index (χ0) is 19.7.